The topological polar surface area (TPSA) is 46.1 Å². The third-order valence-corrected chi connectivity index (χ3v) is 5.30. The SMILES string of the molecule is Cc1ccc(CCC[NH2+]C(C)C(O)c2ccc(OCc3ccccc3)cc2)cc1.[Cl-]. The van der Waals surface area contributed by atoms with Gasteiger partial charge >= 0.3 is 0 Å². The highest BCUT2D eigenvalue weighted by molar-refractivity contribution is 5.29. The van der Waals surface area contributed by atoms with Crippen LogP contribution in [0.15, 0.2) is 78.9 Å². The van der Waals surface area contributed by atoms with Crippen molar-refractivity contribution < 1.29 is 27.6 Å². The Labute approximate surface area is 186 Å². The molecule has 160 valence electrons. The molecule has 0 fully saturated rings. The number of aliphatic hydroxyl groups is 1. The lowest BCUT2D eigenvalue weighted by atomic mass is 10.0. The van der Waals surface area contributed by atoms with Gasteiger partial charge in [0, 0.05) is 6.42 Å². The molecule has 0 aliphatic carbocycles. The Kier molecular flexibility index (Phi) is 9.88. The van der Waals surface area contributed by atoms with Crippen LogP contribution in [0.5, 0.6) is 5.75 Å². The van der Waals surface area contributed by atoms with Crippen LogP contribution >= 0.6 is 0 Å². The fourth-order valence-electron chi connectivity index (χ4n) is 3.38. The van der Waals surface area contributed by atoms with E-state index in [9.17, 15) is 5.11 Å². The largest absolute Gasteiger partial charge is 1.00 e. The van der Waals surface area contributed by atoms with E-state index in [0.29, 0.717) is 6.61 Å². The Morgan fingerprint density at radius 1 is 0.867 bits per heavy atom. The summed E-state index contributed by atoms with van der Waals surface area (Å²) < 4.78 is 5.83. The standard InChI is InChI=1S/C26H31NO2.ClH/c1-20-10-12-22(13-11-20)9-6-18-27-21(2)26(28)24-14-16-25(17-15-24)29-19-23-7-4-3-5-8-23;/h3-5,7-8,10-17,21,26-28H,6,9,18-19H2,1-2H3;1H. The average Bonchev–Trinajstić information content (AvgIpc) is 2.77. The molecule has 30 heavy (non-hydrogen) atoms. The van der Waals surface area contributed by atoms with Crippen molar-refractivity contribution in [3.63, 3.8) is 0 Å². The average molecular weight is 426 g/mol. The molecule has 0 saturated heterocycles. The minimum absolute atomic E-state index is 0. The summed E-state index contributed by atoms with van der Waals surface area (Å²) in [6, 6.07) is 26.8. The van der Waals surface area contributed by atoms with Crippen LogP contribution in [0.1, 0.15) is 41.7 Å². The molecule has 3 aromatic carbocycles. The van der Waals surface area contributed by atoms with E-state index in [2.05, 4.69) is 55.6 Å². The van der Waals surface area contributed by atoms with Gasteiger partial charge in [0.05, 0.1) is 6.54 Å². The lowest BCUT2D eigenvalue weighted by Gasteiger charge is -2.18. The van der Waals surface area contributed by atoms with Crippen molar-refractivity contribution in [1.29, 1.82) is 0 Å². The normalized spacial score (nSPS) is 12.6. The molecule has 3 aromatic rings. The van der Waals surface area contributed by atoms with Crippen LogP contribution in [0.4, 0.5) is 0 Å². The molecular weight excluding hydrogens is 394 g/mol. The number of nitrogens with two attached hydrogens (primary N) is 1. The van der Waals surface area contributed by atoms with Gasteiger partial charge in [-0.25, -0.2) is 0 Å². The second kappa shape index (κ2) is 12.4. The Morgan fingerprint density at radius 3 is 2.20 bits per heavy atom. The monoisotopic (exact) mass is 425 g/mol. The summed E-state index contributed by atoms with van der Waals surface area (Å²) in [7, 11) is 0. The Hall–Kier alpha value is -2.33. The van der Waals surface area contributed by atoms with Gasteiger partial charge in [-0.15, -0.1) is 0 Å². The van der Waals surface area contributed by atoms with E-state index in [1.807, 2.05) is 42.5 Å². The number of halogens is 1. The van der Waals surface area contributed by atoms with Crippen molar-refractivity contribution in [2.75, 3.05) is 6.54 Å². The zero-order valence-corrected chi connectivity index (χ0v) is 18.6. The lowest BCUT2D eigenvalue weighted by Crippen LogP contribution is -3.00. The molecule has 0 amide bonds. The number of hydrogen-bond acceptors (Lipinski definition) is 2. The summed E-state index contributed by atoms with van der Waals surface area (Å²) in [5.41, 5.74) is 4.75. The smallest absolute Gasteiger partial charge is 0.130 e. The molecular formula is C26H32ClNO2. The van der Waals surface area contributed by atoms with Crippen molar-refractivity contribution in [3.8, 4) is 5.75 Å². The highest BCUT2D eigenvalue weighted by Crippen LogP contribution is 2.20. The van der Waals surface area contributed by atoms with Gasteiger partial charge in [0.1, 0.15) is 24.5 Å². The van der Waals surface area contributed by atoms with E-state index in [1.165, 1.54) is 11.1 Å². The summed E-state index contributed by atoms with van der Waals surface area (Å²) in [5.74, 6) is 0.819. The van der Waals surface area contributed by atoms with Gasteiger partial charge in [-0.1, -0.05) is 72.3 Å². The van der Waals surface area contributed by atoms with E-state index in [4.69, 9.17) is 4.74 Å². The number of aliphatic hydroxyl groups excluding tert-OH is 1. The van der Waals surface area contributed by atoms with Crippen molar-refractivity contribution in [2.45, 2.75) is 45.4 Å². The first-order valence-electron chi connectivity index (χ1n) is 10.5. The van der Waals surface area contributed by atoms with Crippen LogP contribution in [-0.2, 0) is 13.0 Å². The van der Waals surface area contributed by atoms with Gasteiger partial charge < -0.3 is 27.6 Å². The van der Waals surface area contributed by atoms with E-state index >= 15 is 0 Å². The highest BCUT2D eigenvalue weighted by atomic mass is 35.5. The van der Waals surface area contributed by atoms with Gasteiger partial charge in [0.2, 0.25) is 0 Å². The van der Waals surface area contributed by atoms with E-state index < -0.39 is 6.10 Å². The molecule has 3 rings (SSSR count). The zero-order valence-electron chi connectivity index (χ0n) is 17.8. The molecule has 0 heterocycles. The fourth-order valence-corrected chi connectivity index (χ4v) is 3.38. The van der Waals surface area contributed by atoms with Crippen molar-refractivity contribution in [1.82, 2.24) is 0 Å². The van der Waals surface area contributed by atoms with Gasteiger partial charge in [0.15, 0.2) is 0 Å². The Balaban J connectivity index is 0.00000320. The second-order valence-electron chi connectivity index (χ2n) is 7.76. The Bertz CT molecular complexity index is 850. The summed E-state index contributed by atoms with van der Waals surface area (Å²) in [6.07, 6.45) is 1.69. The summed E-state index contributed by atoms with van der Waals surface area (Å²) in [6.45, 7) is 5.75. The fraction of sp³-hybridized carbons (Fsp3) is 0.308. The molecule has 3 nitrogen and oxygen atoms in total. The van der Waals surface area contributed by atoms with Crippen LogP contribution in [0.25, 0.3) is 0 Å². The minimum Gasteiger partial charge on any atom is -1.00 e. The number of quaternary nitrogens is 1. The number of benzene rings is 3. The van der Waals surface area contributed by atoms with E-state index in [0.717, 1.165) is 36.3 Å². The lowest BCUT2D eigenvalue weighted by molar-refractivity contribution is -0.694. The predicted molar refractivity (Wildman–Crippen MR) is 118 cm³/mol. The van der Waals surface area contributed by atoms with E-state index in [-0.39, 0.29) is 18.4 Å². The molecule has 0 aliphatic rings. The van der Waals surface area contributed by atoms with Crippen molar-refractivity contribution >= 4 is 0 Å². The van der Waals surface area contributed by atoms with E-state index in [1.54, 1.807) is 0 Å². The number of rotatable bonds is 10. The quantitative estimate of drug-likeness (QED) is 0.479. The molecule has 0 saturated carbocycles. The number of hydrogen-bond donors (Lipinski definition) is 2. The first-order chi connectivity index (χ1) is 14.1. The third kappa shape index (κ3) is 7.49. The van der Waals surface area contributed by atoms with Crippen LogP contribution in [-0.4, -0.2) is 17.7 Å². The zero-order chi connectivity index (χ0) is 20.5. The first-order valence-corrected chi connectivity index (χ1v) is 10.5. The molecule has 0 bridgehead atoms. The molecule has 2 unspecified atom stereocenters. The summed E-state index contributed by atoms with van der Waals surface area (Å²) >= 11 is 0. The number of ether oxygens (including phenoxy) is 1. The van der Waals surface area contributed by atoms with Crippen LogP contribution in [0.2, 0.25) is 0 Å². The van der Waals surface area contributed by atoms with Gasteiger partial charge in [-0.05, 0) is 49.1 Å². The molecule has 0 aromatic heterocycles. The molecule has 3 N–H and O–H groups in total. The molecule has 0 spiro atoms. The van der Waals surface area contributed by atoms with Crippen molar-refractivity contribution in [3.05, 3.63) is 101 Å². The highest BCUT2D eigenvalue weighted by Gasteiger charge is 2.18. The maximum Gasteiger partial charge on any atom is 0.130 e. The number of aryl methyl sites for hydroxylation is 2. The van der Waals surface area contributed by atoms with Crippen LogP contribution in [0.3, 0.4) is 0 Å². The Morgan fingerprint density at radius 2 is 1.53 bits per heavy atom. The minimum atomic E-state index is -0.488. The van der Waals surface area contributed by atoms with Gasteiger partial charge in [0.25, 0.3) is 0 Å². The van der Waals surface area contributed by atoms with Gasteiger partial charge in [-0.2, -0.15) is 0 Å². The molecule has 4 heteroatoms. The molecule has 0 aliphatic heterocycles. The molecule has 2 atom stereocenters. The first kappa shape index (κ1) is 23.9. The second-order valence-corrected chi connectivity index (χ2v) is 7.76. The van der Waals surface area contributed by atoms with Gasteiger partial charge in [-0.3, -0.25) is 0 Å². The maximum atomic E-state index is 10.7. The van der Waals surface area contributed by atoms with Crippen LogP contribution < -0.4 is 22.5 Å². The summed E-state index contributed by atoms with van der Waals surface area (Å²) in [4.78, 5) is 0. The predicted octanol–water partition coefficient (Wildman–Crippen LogP) is 1.20. The maximum absolute atomic E-state index is 10.7. The summed E-state index contributed by atoms with van der Waals surface area (Å²) in [5, 5.41) is 12.9. The van der Waals surface area contributed by atoms with Crippen molar-refractivity contribution in [2.24, 2.45) is 0 Å². The van der Waals surface area contributed by atoms with Crippen LogP contribution in [0, 0.1) is 6.92 Å². The third-order valence-electron chi connectivity index (χ3n) is 5.30. The molecule has 0 radical (unpaired) electrons.